The highest BCUT2D eigenvalue weighted by atomic mass is 32.2. The Balaban J connectivity index is 1.60. The number of carbonyl (C=O) groups excluding carboxylic acids is 2. The highest BCUT2D eigenvalue weighted by Gasteiger charge is 2.30. The number of hydrogen-bond acceptors (Lipinski definition) is 12. The van der Waals surface area contributed by atoms with Gasteiger partial charge in [-0.1, -0.05) is 84.9 Å². The van der Waals surface area contributed by atoms with Crippen molar-refractivity contribution in [3.63, 3.8) is 0 Å². The molecule has 6 rings (SSSR count). The van der Waals surface area contributed by atoms with Gasteiger partial charge in [0, 0.05) is 44.9 Å². The van der Waals surface area contributed by atoms with Crippen LogP contribution in [0, 0.1) is 0 Å². The van der Waals surface area contributed by atoms with Crippen molar-refractivity contribution in [1.82, 2.24) is 10.6 Å². The zero-order valence-corrected chi connectivity index (χ0v) is 36.5. The van der Waals surface area contributed by atoms with Gasteiger partial charge in [-0.25, -0.2) is 0 Å². The molecule has 0 bridgehead atoms. The van der Waals surface area contributed by atoms with Crippen molar-refractivity contribution in [2.45, 2.75) is 34.1 Å². The maximum Gasteiger partial charge on any atom is 0.304 e. The van der Waals surface area contributed by atoms with Crippen molar-refractivity contribution < 1.29 is 65.5 Å². The Bertz CT molecular complexity index is 2890. The van der Waals surface area contributed by atoms with E-state index in [0.29, 0.717) is 21.9 Å². The molecule has 8 N–H and O–H groups in total. The summed E-state index contributed by atoms with van der Waals surface area (Å²) in [6, 6.07) is 25.0. The van der Waals surface area contributed by atoms with Gasteiger partial charge in [-0.2, -0.15) is 40.4 Å². The second-order valence-corrected chi connectivity index (χ2v) is 18.9. The molecule has 0 spiro atoms. The third-order valence-electron chi connectivity index (χ3n) is 9.72. The van der Waals surface area contributed by atoms with Crippen LogP contribution in [0.4, 0.5) is 0 Å². The number of nitrogens with one attached hydrogen (secondary N) is 2. The minimum atomic E-state index is -5.17. The van der Waals surface area contributed by atoms with Crippen LogP contribution in [0.5, 0.6) is 11.5 Å². The standard InChI is InChI=1S/C44H38N2O14S4/c47-37(48)17-19-61-23-25-21-33(41(51)29-11-3-1-9-27(25)29)43(53)45-39(31-13-5-7-15-35(31)63(55,56)57)40(32-14-6-8-16-36(32)64(58,59)60)46-44(54)34-22-26(24-62-20-18-38(49)50)28-10-2-4-12-30(28)42(34)52/h1-16,21-22,51-52H,17-20,23-24H2,(H,45,53)(H,46,54)(H,47,48)(H,49,50)(H,55,56,57)(H,58,59,60). The molecule has 16 nitrogen and oxygen atoms in total. The summed E-state index contributed by atoms with van der Waals surface area (Å²) in [5.74, 6) is -4.59. The van der Waals surface area contributed by atoms with Crippen LogP contribution < -0.4 is 10.6 Å². The molecule has 0 unspecified atom stereocenters. The molecule has 20 heteroatoms. The number of thioether (sulfide) groups is 2. The van der Waals surface area contributed by atoms with Crippen LogP contribution in [-0.2, 0) is 41.3 Å². The first-order chi connectivity index (χ1) is 30.4. The van der Waals surface area contributed by atoms with E-state index in [4.69, 9.17) is 10.2 Å². The molecule has 6 aromatic carbocycles. The summed E-state index contributed by atoms with van der Waals surface area (Å²) in [5.41, 5.74) is -2.10. The fraction of sp³-hybridized carbons (Fsp3) is 0.136. The molecule has 2 amide bonds. The van der Waals surface area contributed by atoms with Crippen LogP contribution in [-0.4, -0.2) is 81.6 Å². The monoisotopic (exact) mass is 946 g/mol. The molecular formula is C44H38N2O14S4. The highest BCUT2D eigenvalue weighted by molar-refractivity contribution is 7.98. The molecule has 0 radical (unpaired) electrons. The lowest BCUT2D eigenvalue weighted by Crippen LogP contribution is -2.30. The minimum absolute atomic E-state index is 0.154. The molecular weight excluding hydrogens is 909 g/mol. The van der Waals surface area contributed by atoms with E-state index in [1.165, 1.54) is 72.1 Å². The topological polar surface area (TPSA) is 282 Å². The average molecular weight is 947 g/mol. The third-order valence-corrected chi connectivity index (χ3v) is 13.6. The molecule has 0 aliphatic carbocycles. The Morgan fingerprint density at radius 2 is 0.812 bits per heavy atom. The predicted molar refractivity (Wildman–Crippen MR) is 242 cm³/mol. The molecule has 0 saturated heterocycles. The summed E-state index contributed by atoms with van der Waals surface area (Å²) in [6.45, 7) is 0. The molecule has 0 fully saturated rings. The molecule has 332 valence electrons. The van der Waals surface area contributed by atoms with Gasteiger partial charge in [-0.05, 0) is 46.2 Å². The van der Waals surface area contributed by atoms with Crippen molar-refractivity contribution in [3.05, 3.63) is 143 Å². The third kappa shape index (κ3) is 10.8. The Kier molecular flexibility index (Phi) is 14.7. The van der Waals surface area contributed by atoms with Gasteiger partial charge >= 0.3 is 11.9 Å². The number of phenols is 2. The first kappa shape index (κ1) is 47.1. The number of aromatic hydroxyl groups is 2. The first-order valence-electron chi connectivity index (χ1n) is 18.9. The SMILES string of the molecule is O=C(O)CCSCc1cc(C(=O)NC(=C(NC(=O)c2cc(CSCCC(=O)O)c3ccccc3c2O)c2ccccc2S(=O)(=O)O)c2ccccc2S(=O)(=O)O)c(O)c2ccccc12. The van der Waals surface area contributed by atoms with E-state index in [1.807, 2.05) is 0 Å². The Hall–Kier alpha value is -6.42. The van der Waals surface area contributed by atoms with Gasteiger partial charge in [0.2, 0.25) is 0 Å². The van der Waals surface area contributed by atoms with Crippen molar-refractivity contribution >= 4 is 100 Å². The van der Waals surface area contributed by atoms with Crippen LogP contribution in [0.15, 0.2) is 119 Å². The summed E-state index contributed by atoms with van der Waals surface area (Å²) in [5, 5.41) is 48.0. The van der Waals surface area contributed by atoms with Crippen LogP contribution >= 0.6 is 23.5 Å². The van der Waals surface area contributed by atoms with Crippen LogP contribution in [0.3, 0.4) is 0 Å². The van der Waals surface area contributed by atoms with E-state index in [-0.39, 0.29) is 57.8 Å². The van der Waals surface area contributed by atoms with E-state index in [0.717, 1.165) is 24.3 Å². The minimum Gasteiger partial charge on any atom is -0.506 e. The number of amides is 2. The number of carboxylic acids is 2. The van der Waals surface area contributed by atoms with Gasteiger partial charge in [-0.15, -0.1) is 0 Å². The second kappa shape index (κ2) is 20.0. The first-order valence-corrected chi connectivity index (χ1v) is 24.1. The van der Waals surface area contributed by atoms with Crippen LogP contribution in [0.25, 0.3) is 32.9 Å². The molecule has 0 heterocycles. The number of aliphatic carboxylic acids is 2. The van der Waals surface area contributed by atoms with Crippen molar-refractivity contribution in [2.75, 3.05) is 11.5 Å². The normalized spacial score (nSPS) is 12.2. The summed E-state index contributed by atoms with van der Waals surface area (Å²) in [6.07, 6.45) is -0.308. The average Bonchev–Trinajstić information content (AvgIpc) is 3.25. The number of hydrogen-bond donors (Lipinski definition) is 8. The van der Waals surface area contributed by atoms with Crippen LogP contribution in [0.1, 0.15) is 55.8 Å². The lowest BCUT2D eigenvalue weighted by molar-refractivity contribution is -0.137. The molecule has 6 aromatic rings. The van der Waals surface area contributed by atoms with Crippen molar-refractivity contribution in [2.24, 2.45) is 0 Å². The fourth-order valence-electron chi connectivity index (χ4n) is 6.83. The number of fused-ring (bicyclic) bond motifs is 2. The number of benzene rings is 6. The zero-order valence-electron chi connectivity index (χ0n) is 33.2. The number of rotatable bonds is 18. The molecule has 0 saturated carbocycles. The fourth-order valence-corrected chi connectivity index (χ4v) is 10.1. The van der Waals surface area contributed by atoms with Gasteiger partial charge in [-0.3, -0.25) is 28.3 Å². The predicted octanol–water partition coefficient (Wildman–Crippen LogP) is 7.00. The Morgan fingerprint density at radius 1 is 0.484 bits per heavy atom. The van der Waals surface area contributed by atoms with E-state index in [2.05, 4.69) is 10.6 Å². The zero-order chi connectivity index (χ0) is 46.3. The van der Waals surface area contributed by atoms with E-state index >= 15 is 0 Å². The second-order valence-electron chi connectivity index (χ2n) is 13.9. The lowest BCUT2D eigenvalue weighted by Gasteiger charge is -2.22. The number of phenolic OH excluding ortho intramolecular Hbond substituents is 2. The van der Waals surface area contributed by atoms with Crippen molar-refractivity contribution in [1.29, 1.82) is 0 Å². The largest absolute Gasteiger partial charge is 0.506 e. The molecule has 0 aliphatic rings. The molecule has 0 aliphatic heterocycles. The van der Waals surface area contributed by atoms with E-state index in [9.17, 15) is 55.3 Å². The maximum absolute atomic E-state index is 14.7. The van der Waals surface area contributed by atoms with Gasteiger partial charge in [0.25, 0.3) is 32.1 Å². The molecule has 0 atom stereocenters. The van der Waals surface area contributed by atoms with Gasteiger partial charge in [0.1, 0.15) is 21.3 Å². The Labute approximate surface area is 374 Å². The lowest BCUT2D eigenvalue weighted by atomic mass is 9.98. The summed E-state index contributed by atoms with van der Waals surface area (Å²) in [7, 11) is -10.3. The summed E-state index contributed by atoms with van der Waals surface area (Å²) < 4.78 is 72.7. The van der Waals surface area contributed by atoms with E-state index < -0.39 is 87.8 Å². The quantitative estimate of drug-likeness (QED) is 0.0245. The molecule has 0 aromatic heterocycles. The van der Waals surface area contributed by atoms with Crippen LogP contribution in [0.2, 0.25) is 0 Å². The summed E-state index contributed by atoms with van der Waals surface area (Å²) >= 11 is 2.48. The molecule has 64 heavy (non-hydrogen) atoms. The summed E-state index contributed by atoms with van der Waals surface area (Å²) in [4.78, 5) is 50.0. The van der Waals surface area contributed by atoms with Crippen molar-refractivity contribution in [3.8, 4) is 11.5 Å². The van der Waals surface area contributed by atoms with Gasteiger partial charge in [0.05, 0.1) is 35.4 Å². The number of carbonyl (C=O) groups is 4. The maximum atomic E-state index is 14.7. The smallest absolute Gasteiger partial charge is 0.304 e. The Morgan fingerprint density at radius 3 is 1.16 bits per heavy atom. The highest BCUT2D eigenvalue weighted by Crippen LogP contribution is 2.38. The van der Waals surface area contributed by atoms with E-state index in [1.54, 1.807) is 36.4 Å². The number of carboxylic acid groups (broad SMARTS) is 2. The van der Waals surface area contributed by atoms with Gasteiger partial charge in [0.15, 0.2) is 0 Å². The van der Waals surface area contributed by atoms with Gasteiger partial charge < -0.3 is 31.1 Å².